The van der Waals surface area contributed by atoms with Crippen molar-refractivity contribution in [3.63, 3.8) is 0 Å². The Morgan fingerprint density at radius 1 is 1.00 bits per heavy atom. The van der Waals surface area contributed by atoms with Crippen LogP contribution in [-0.2, 0) is 16.0 Å². The Morgan fingerprint density at radius 2 is 1.76 bits per heavy atom. The number of halogens is 1. The summed E-state index contributed by atoms with van der Waals surface area (Å²) >= 11 is 5.90. The van der Waals surface area contributed by atoms with Gasteiger partial charge in [0.2, 0.25) is 0 Å². The van der Waals surface area contributed by atoms with Crippen LogP contribution in [0.4, 0.5) is 5.69 Å². The largest absolute Gasteiger partial charge is 0.484 e. The van der Waals surface area contributed by atoms with Gasteiger partial charge in [-0.15, -0.1) is 0 Å². The lowest BCUT2D eigenvalue weighted by atomic mass is 10.1. The summed E-state index contributed by atoms with van der Waals surface area (Å²) in [5.74, 6) is -0.258. The molecule has 0 bridgehead atoms. The zero-order chi connectivity index (χ0) is 23.5. The highest BCUT2D eigenvalue weighted by Crippen LogP contribution is 2.16. The Balaban J connectivity index is 1.49. The molecule has 33 heavy (non-hydrogen) atoms. The molecule has 0 saturated carbocycles. The van der Waals surface area contributed by atoms with Crippen LogP contribution in [0.15, 0.2) is 84.4 Å². The summed E-state index contributed by atoms with van der Waals surface area (Å²) in [6.45, 7) is 0.265. The monoisotopic (exact) mass is 459 g/mol. The quantitative estimate of drug-likeness (QED) is 0.360. The van der Waals surface area contributed by atoms with Gasteiger partial charge in [-0.1, -0.05) is 60.1 Å². The first-order chi connectivity index (χ1) is 16.0. The Labute approximate surface area is 197 Å². The lowest BCUT2D eigenvalue weighted by molar-refractivity contribution is -0.118. The van der Waals surface area contributed by atoms with Crippen LogP contribution >= 0.6 is 11.6 Å². The number of nitriles is 1. The minimum absolute atomic E-state index is 0.0117. The van der Waals surface area contributed by atoms with E-state index in [2.05, 4.69) is 10.6 Å². The fourth-order valence-electron chi connectivity index (χ4n) is 2.95. The van der Waals surface area contributed by atoms with Gasteiger partial charge >= 0.3 is 0 Å². The number of anilines is 1. The smallest absolute Gasteiger partial charge is 0.262 e. The van der Waals surface area contributed by atoms with Crippen molar-refractivity contribution in [2.45, 2.75) is 6.42 Å². The van der Waals surface area contributed by atoms with Crippen molar-refractivity contribution in [3.05, 3.63) is 101 Å². The molecule has 0 heterocycles. The van der Waals surface area contributed by atoms with Crippen LogP contribution in [0, 0.1) is 11.3 Å². The van der Waals surface area contributed by atoms with Crippen molar-refractivity contribution in [2.75, 3.05) is 18.5 Å². The topological polar surface area (TPSA) is 91.2 Å². The summed E-state index contributed by atoms with van der Waals surface area (Å²) in [5.41, 5.74) is 2.37. The molecule has 0 spiro atoms. The van der Waals surface area contributed by atoms with E-state index < -0.39 is 5.91 Å². The maximum Gasteiger partial charge on any atom is 0.262 e. The first kappa shape index (κ1) is 23.6. The Hall–Kier alpha value is -4.08. The number of carbonyl (C=O) groups excluding carboxylic acids is 2. The van der Waals surface area contributed by atoms with Gasteiger partial charge in [0.05, 0.1) is 0 Å². The predicted molar refractivity (Wildman–Crippen MR) is 129 cm³/mol. The van der Waals surface area contributed by atoms with E-state index in [0.29, 0.717) is 35.0 Å². The Morgan fingerprint density at radius 3 is 2.45 bits per heavy atom. The number of rotatable bonds is 9. The van der Waals surface area contributed by atoms with Gasteiger partial charge in [0.1, 0.15) is 17.4 Å². The van der Waals surface area contributed by atoms with E-state index in [0.717, 1.165) is 5.56 Å². The zero-order valence-electron chi connectivity index (χ0n) is 17.8. The molecule has 3 rings (SSSR count). The third kappa shape index (κ3) is 7.84. The van der Waals surface area contributed by atoms with E-state index in [1.165, 1.54) is 6.08 Å². The molecule has 0 fully saturated rings. The number of hydrogen-bond donors (Lipinski definition) is 2. The van der Waals surface area contributed by atoms with Crippen molar-refractivity contribution < 1.29 is 14.3 Å². The fourth-order valence-corrected chi connectivity index (χ4v) is 3.14. The van der Waals surface area contributed by atoms with Gasteiger partial charge < -0.3 is 15.4 Å². The van der Waals surface area contributed by atoms with Crippen LogP contribution in [-0.4, -0.2) is 25.0 Å². The number of benzene rings is 3. The number of carbonyl (C=O) groups is 2. The molecule has 0 aliphatic rings. The predicted octanol–water partition coefficient (Wildman–Crippen LogP) is 4.62. The van der Waals surface area contributed by atoms with E-state index in [-0.39, 0.29) is 18.1 Å². The molecule has 0 unspecified atom stereocenters. The van der Waals surface area contributed by atoms with Crippen molar-refractivity contribution >= 4 is 35.2 Å². The van der Waals surface area contributed by atoms with E-state index >= 15 is 0 Å². The first-order valence-electron chi connectivity index (χ1n) is 10.3. The molecular formula is C26H22ClN3O3. The Bertz CT molecular complexity index is 1170. The van der Waals surface area contributed by atoms with Gasteiger partial charge in [-0.25, -0.2) is 0 Å². The molecule has 166 valence electrons. The third-order valence-corrected chi connectivity index (χ3v) is 4.81. The minimum Gasteiger partial charge on any atom is -0.484 e. The van der Waals surface area contributed by atoms with E-state index in [1.807, 2.05) is 36.4 Å². The molecule has 6 nitrogen and oxygen atoms in total. The van der Waals surface area contributed by atoms with Crippen LogP contribution in [0.2, 0.25) is 5.02 Å². The van der Waals surface area contributed by atoms with E-state index in [4.69, 9.17) is 16.3 Å². The molecule has 0 radical (unpaired) electrons. The minimum atomic E-state index is -0.425. The molecule has 0 saturated heterocycles. The zero-order valence-corrected chi connectivity index (χ0v) is 18.5. The molecule has 7 heteroatoms. The van der Waals surface area contributed by atoms with Crippen molar-refractivity contribution in [3.8, 4) is 11.8 Å². The standard InChI is InChI=1S/C26H22ClN3O3/c27-22-7-4-8-23(16-22)30-25(31)18-33-24-11-9-20(10-12-24)15-21(17-28)26(32)29-14-13-19-5-2-1-3-6-19/h1-12,15-16H,13-14,18H2,(H,29,32)(H,30,31)/b21-15+. The Kier molecular flexibility index (Phi) is 8.63. The number of hydrogen-bond acceptors (Lipinski definition) is 4. The van der Waals surface area contributed by atoms with Crippen molar-refractivity contribution in [1.29, 1.82) is 5.26 Å². The average molecular weight is 460 g/mol. The number of nitrogens with zero attached hydrogens (tertiary/aromatic N) is 1. The number of nitrogens with one attached hydrogen (secondary N) is 2. The number of ether oxygens (including phenoxy) is 1. The lowest BCUT2D eigenvalue weighted by Crippen LogP contribution is -2.26. The number of amides is 2. The molecular weight excluding hydrogens is 438 g/mol. The fraction of sp³-hybridized carbons (Fsp3) is 0.115. The molecule has 3 aromatic rings. The maximum atomic E-state index is 12.3. The maximum absolute atomic E-state index is 12.3. The molecule has 0 aromatic heterocycles. The molecule has 2 amide bonds. The summed E-state index contributed by atoms with van der Waals surface area (Å²) in [4.78, 5) is 24.3. The molecule has 0 aliphatic heterocycles. The summed E-state index contributed by atoms with van der Waals surface area (Å²) in [7, 11) is 0. The summed E-state index contributed by atoms with van der Waals surface area (Å²) in [6.07, 6.45) is 2.19. The van der Waals surface area contributed by atoms with E-state index in [9.17, 15) is 14.9 Å². The molecule has 0 aliphatic carbocycles. The van der Waals surface area contributed by atoms with Gasteiger partial charge in [0.15, 0.2) is 6.61 Å². The summed E-state index contributed by atoms with van der Waals surface area (Å²) < 4.78 is 5.49. The SMILES string of the molecule is N#C/C(=C\c1ccc(OCC(=O)Nc2cccc(Cl)c2)cc1)C(=O)NCCc1ccccc1. The van der Waals surface area contributed by atoms with Gasteiger partial charge in [-0.05, 0) is 54.0 Å². The van der Waals surface area contributed by atoms with Gasteiger partial charge in [-0.3, -0.25) is 9.59 Å². The van der Waals surface area contributed by atoms with Crippen LogP contribution in [0.1, 0.15) is 11.1 Å². The second-order valence-electron chi connectivity index (χ2n) is 7.08. The average Bonchev–Trinajstić information content (AvgIpc) is 2.82. The normalized spacial score (nSPS) is 10.7. The highest BCUT2D eigenvalue weighted by Gasteiger charge is 2.09. The summed E-state index contributed by atoms with van der Waals surface area (Å²) in [6, 6.07) is 25.3. The second-order valence-corrected chi connectivity index (χ2v) is 7.51. The first-order valence-corrected chi connectivity index (χ1v) is 10.6. The molecule has 0 atom stereocenters. The van der Waals surface area contributed by atoms with Crippen LogP contribution in [0.25, 0.3) is 6.08 Å². The second kappa shape index (κ2) is 12.1. The highest BCUT2D eigenvalue weighted by molar-refractivity contribution is 6.30. The van der Waals surface area contributed by atoms with E-state index in [1.54, 1.807) is 48.5 Å². The molecule has 3 aromatic carbocycles. The van der Waals surface area contributed by atoms with Crippen molar-refractivity contribution in [1.82, 2.24) is 5.32 Å². The highest BCUT2D eigenvalue weighted by atomic mass is 35.5. The molecule has 2 N–H and O–H groups in total. The van der Waals surface area contributed by atoms with Crippen molar-refractivity contribution in [2.24, 2.45) is 0 Å². The van der Waals surface area contributed by atoms with Crippen LogP contribution in [0.3, 0.4) is 0 Å². The van der Waals surface area contributed by atoms with Gasteiger partial charge in [0.25, 0.3) is 11.8 Å². The lowest BCUT2D eigenvalue weighted by Gasteiger charge is -2.08. The summed E-state index contributed by atoms with van der Waals surface area (Å²) in [5, 5.41) is 15.3. The van der Waals surface area contributed by atoms with Crippen LogP contribution in [0.5, 0.6) is 5.75 Å². The van der Waals surface area contributed by atoms with Gasteiger partial charge in [0, 0.05) is 17.3 Å². The van der Waals surface area contributed by atoms with Crippen LogP contribution < -0.4 is 15.4 Å². The van der Waals surface area contributed by atoms with Gasteiger partial charge in [-0.2, -0.15) is 5.26 Å². The third-order valence-electron chi connectivity index (χ3n) is 4.58.